The van der Waals surface area contributed by atoms with Crippen molar-refractivity contribution in [1.82, 2.24) is 5.32 Å². The van der Waals surface area contributed by atoms with Crippen molar-refractivity contribution in [2.24, 2.45) is 0 Å². The number of aliphatic hydroxyl groups is 1. The standard InChI is InChI=1S/C20H22N2O2/c23-19(16-6-2-1-3-7-16)12-13-21-20(24)17-8-10-18(11-9-17)22-14-4-5-15-22/h1-11,19,23H,12-15H2,(H,21,24)/t19-/m0/s1. The first-order valence-electron chi connectivity index (χ1n) is 8.25. The number of carbonyl (C=O) groups excluding carboxylic acids is 1. The van der Waals surface area contributed by atoms with E-state index >= 15 is 0 Å². The monoisotopic (exact) mass is 322 g/mol. The summed E-state index contributed by atoms with van der Waals surface area (Å²) in [6, 6.07) is 17.1. The van der Waals surface area contributed by atoms with E-state index in [1.165, 1.54) is 0 Å². The van der Waals surface area contributed by atoms with Gasteiger partial charge in [0.05, 0.1) is 6.10 Å². The zero-order chi connectivity index (χ0) is 16.8. The Morgan fingerprint density at radius 2 is 1.71 bits per heavy atom. The van der Waals surface area contributed by atoms with Crippen LogP contribution in [0.5, 0.6) is 0 Å². The van der Waals surface area contributed by atoms with Crippen molar-refractivity contribution in [2.45, 2.75) is 12.5 Å². The summed E-state index contributed by atoms with van der Waals surface area (Å²) in [4.78, 5) is 14.4. The van der Waals surface area contributed by atoms with Crippen molar-refractivity contribution in [3.05, 3.63) is 77.9 Å². The summed E-state index contributed by atoms with van der Waals surface area (Å²) in [6.45, 7) is 2.28. The predicted octanol–water partition coefficient (Wildman–Crippen LogP) is 2.92. The van der Waals surface area contributed by atoms with Crippen LogP contribution in [0, 0.1) is 0 Å². The van der Waals surface area contributed by atoms with Gasteiger partial charge in [0, 0.05) is 30.9 Å². The average Bonchev–Trinajstić information content (AvgIpc) is 3.17. The number of anilines is 1. The molecule has 0 spiro atoms. The van der Waals surface area contributed by atoms with Crippen molar-refractivity contribution in [3.63, 3.8) is 0 Å². The Kier molecular flexibility index (Phi) is 5.29. The quantitative estimate of drug-likeness (QED) is 0.804. The summed E-state index contributed by atoms with van der Waals surface area (Å²) in [5, 5.41) is 13.0. The fraction of sp³-hybridized carbons (Fsp3) is 0.250. The zero-order valence-corrected chi connectivity index (χ0v) is 13.6. The maximum atomic E-state index is 12.2. The Morgan fingerprint density at radius 3 is 2.38 bits per heavy atom. The van der Waals surface area contributed by atoms with Crippen molar-refractivity contribution in [3.8, 4) is 0 Å². The highest BCUT2D eigenvalue weighted by molar-refractivity contribution is 5.94. The highest BCUT2D eigenvalue weighted by atomic mass is 16.3. The molecule has 124 valence electrons. The summed E-state index contributed by atoms with van der Waals surface area (Å²) in [7, 11) is 0. The molecule has 0 aromatic heterocycles. The van der Waals surface area contributed by atoms with Crippen LogP contribution in [0.4, 0.5) is 5.69 Å². The van der Waals surface area contributed by atoms with E-state index in [0.29, 0.717) is 18.5 Å². The molecule has 1 atom stereocenters. The van der Waals surface area contributed by atoms with E-state index in [1.54, 1.807) is 0 Å². The molecule has 1 aliphatic rings. The number of hydrogen-bond acceptors (Lipinski definition) is 3. The molecule has 1 amide bonds. The van der Waals surface area contributed by atoms with Crippen LogP contribution in [0.2, 0.25) is 0 Å². The smallest absolute Gasteiger partial charge is 0.251 e. The van der Waals surface area contributed by atoms with Gasteiger partial charge in [-0.2, -0.15) is 0 Å². The number of rotatable bonds is 6. The lowest BCUT2D eigenvalue weighted by molar-refractivity contribution is 0.0942. The third kappa shape index (κ3) is 4.03. The number of nitrogens with one attached hydrogen (secondary N) is 1. The highest BCUT2D eigenvalue weighted by Gasteiger charge is 2.11. The summed E-state index contributed by atoms with van der Waals surface area (Å²) in [5.74, 6) is -0.110. The molecule has 24 heavy (non-hydrogen) atoms. The fourth-order valence-corrected chi connectivity index (χ4v) is 2.78. The van der Waals surface area contributed by atoms with Gasteiger partial charge in [-0.25, -0.2) is 0 Å². The molecular weight excluding hydrogens is 300 g/mol. The molecule has 0 aliphatic carbocycles. The SMILES string of the molecule is O=C(NCC[C@H](O)c1ccccc1)c1ccc(N2CC=CC2)cc1. The predicted molar refractivity (Wildman–Crippen MR) is 96.1 cm³/mol. The molecule has 0 radical (unpaired) electrons. The Hall–Kier alpha value is -2.59. The van der Waals surface area contributed by atoms with Crippen molar-refractivity contribution in [1.29, 1.82) is 0 Å². The van der Waals surface area contributed by atoms with E-state index in [4.69, 9.17) is 0 Å². The Balaban J connectivity index is 1.48. The van der Waals surface area contributed by atoms with Crippen LogP contribution in [0.3, 0.4) is 0 Å². The normalized spacial score (nSPS) is 14.6. The minimum atomic E-state index is -0.559. The van der Waals surface area contributed by atoms with E-state index < -0.39 is 6.10 Å². The molecule has 2 N–H and O–H groups in total. The molecule has 4 nitrogen and oxygen atoms in total. The number of amides is 1. The van der Waals surface area contributed by atoms with Crippen molar-refractivity contribution >= 4 is 11.6 Å². The van der Waals surface area contributed by atoms with Crippen molar-refractivity contribution < 1.29 is 9.90 Å². The van der Waals surface area contributed by atoms with E-state index in [9.17, 15) is 9.90 Å². The second kappa shape index (κ2) is 7.79. The van der Waals surface area contributed by atoms with Crippen molar-refractivity contribution in [2.75, 3.05) is 24.5 Å². The van der Waals surface area contributed by atoms with Crippen LogP contribution in [0.1, 0.15) is 28.4 Å². The van der Waals surface area contributed by atoms with Gasteiger partial charge in [0.25, 0.3) is 5.91 Å². The molecule has 0 unspecified atom stereocenters. The molecule has 0 bridgehead atoms. The lowest BCUT2D eigenvalue weighted by Crippen LogP contribution is -2.25. The van der Waals surface area contributed by atoms with Gasteiger partial charge in [-0.1, -0.05) is 42.5 Å². The molecule has 0 saturated heterocycles. The molecule has 3 rings (SSSR count). The second-order valence-corrected chi connectivity index (χ2v) is 5.89. The minimum Gasteiger partial charge on any atom is -0.388 e. The first-order chi connectivity index (χ1) is 11.7. The first-order valence-corrected chi connectivity index (χ1v) is 8.25. The number of aliphatic hydroxyl groups excluding tert-OH is 1. The molecule has 2 aromatic carbocycles. The third-order valence-electron chi connectivity index (χ3n) is 4.20. The van der Waals surface area contributed by atoms with Gasteiger partial charge in [0.1, 0.15) is 0 Å². The summed E-state index contributed by atoms with van der Waals surface area (Å²) < 4.78 is 0. The summed E-state index contributed by atoms with van der Waals surface area (Å²) in [5.41, 5.74) is 2.63. The first kappa shape index (κ1) is 16.3. The van der Waals surface area contributed by atoms with Gasteiger partial charge in [0.2, 0.25) is 0 Å². The maximum Gasteiger partial charge on any atom is 0.251 e. The zero-order valence-electron chi connectivity index (χ0n) is 13.6. The number of benzene rings is 2. The van der Waals surface area contributed by atoms with Crippen LogP contribution < -0.4 is 10.2 Å². The van der Waals surface area contributed by atoms with Crippen LogP contribution in [-0.2, 0) is 0 Å². The van der Waals surface area contributed by atoms with Gasteiger partial charge < -0.3 is 15.3 Å². The van der Waals surface area contributed by atoms with Crippen LogP contribution in [0.25, 0.3) is 0 Å². The molecule has 0 saturated carbocycles. The van der Waals surface area contributed by atoms with E-state index in [1.807, 2.05) is 54.6 Å². The van der Waals surface area contributed by atoms with Crippen LogP contribution in [-0.4, -0.2) is 30.6 Å². The van der Waals surface area contributed by atoms with Gasteiger partial charge in [-0.05, 0) is 36.2 Å². The summed E-state index contributed by atoms with van der Waals surface area (Å²) >= 11 is 0. The highest BCUT2D eigenvalue weighted by Crippen LogP contribution is 2.18. The molecule has 0 fully saturated rings. The number of carbonyl (C=O) groups is 1. The molecule has 1 heterocycles. The second-order valence-electron chi connectivity index (χ2n) is 5.89. The van der Waals surface area contributed by atoms with Gasteiger partial charge in [-0.15, -0.1) is 0 Å². The fourth-order valence-electron chi connectivity index (χ4n) is 2.78. The Bertz CT molecular complexity index is 687. The minimum absolute atomic E-state index is 0.110. The number of nitrogens with zero attached hydrogens (tertiary/aromatic N) is 1. The number of hydrogen-bond donors (Lipinski definition) is 2. The van der Waals surface area contributed by atoms with Gasteiger partial charge in [-0.3, -0.25) is 4.79 Å². The van der Waals surface area contributed by atoms with E-state index in [2.05, 4.69) is 22.4 Å². The largest absolute Gasteiger partial charge is 0.388 e. The lowest BCUT2D eigenvalue weighted by atomic mass is 10.1. The van der Waals surface area contributed by atoms with Gasteiger partial charge in [0.15, 0.2) is 0 Å². The molecular formula is C20H22N2O2. The van der Waals surface area contributed by atoms with Gasteiger partial charge >= 0.3 is 0 Å². The van der Waals surface area contributed by atoms with Crippen LogP contribution in [0.15, 0.2) is 66.7 Å². The van der Waals surface area contributed by atoms with E-state index in [0.717, 1.165) is 24.3 Å². The topological polar surface area (TPSA) is 52.6 Å². The molecule has 1 aliphatic heterocycles. The molecule has 2 aromatic rings. The lowest BCUT2D eigenvalue weighted by Gasteiger charge is -2.17. The Morgan fingerprint density at radius 1 is 1.04 bits per heavy atom. The maximum absolute atomic E-state index is 12.2. The third-order valence-corrected chi connectivity index (χ3v) is 4.20. The van der Waals surface area contributed by atoms with Crippen LogP contribution >= 0.6 is 0 Å². The average molecular weight is 322 g/mol. The summed E-state index contributed by atoms with van der Waals surface area (Å²) in [6.07, 6.45) is 4.21. The Labute approximate surface area is 142 Å². The van der Waals surface area contributed by atoms with E-state index in [-0.39, 0.29) is 5.91 Å². The molecule has 4 heteroatoms.